The third kappa shape index (κ3) is 3.18. The Bertz CT molecular complexity index is 1090. The smallest absolute Gasteiger partial charge is 0.229 e. The van der Waals surface area contributed by atoms with Gasteiger partial charge in [-0.3, -0.25) is 10.1 Å². The zero-order valence-electron chi connectivity index (χ0n) is 14.6. The van der Waals surface area contributed by atoms with Gasteiger partial charge in [0.2, 0.25) is 5.95 Å². The summed E-state index contributed by atoms with van der Waals surface area (Å²) in [5, 5.41) is 11.0. The summed E-state index contributed by atoms with van der Waals surface area (Å²) in [5.74, 6) is 0.769. The van der Waals surface area contributed by atoms with E-state index >= 15 is 0 Å². The van der Waals surface area contributed by atoms with Crippen LogP contribution < -0.4 is 10.2 Å². The van der Waals surface area contributed by atoms with Crippen molar-refractivity contribution in [2.75, 3.05) is 16.8 Å². The maximum Gasteiger partial charge on any atom is 0.229 e. The Morgan fingerprint density at radius 2 is 2.07 bits per heavy atom. The fourth-order valence-electron chi connectivity index (χ4n) is 3.14. The van der Waals surface area contributed by atoms with E-state index in [1.807, 2.05) is 18.2 Å². The van der Waals surface area contributed by atoms with E-state index in [1.165, 1.54) is 0 Å². The van der Waals surface area contributed by atoms with E-state index in [0.29, 0.717) is 17.6 Å². The fourth-order valence-corrected chi connectivity index (χ4v) is 4.10. The second kappa shape index (κ2) is 6.97. The third-order valence-corrected chi connectivity index (χ3v) is 5.45. The van der Waals surface area contributed by atoms with Crippen molar-refractivity contribution in [3.8, 4) is 11.3 Å². The highest BCUT2D eigenvalue weighted by Crippen LogP contribution is 2.39. The third-order valence-electron chi connectivity index (χ3n) is 4.41. The molecule has 0 atom stereocenters. The zero-order chi connectivity index (χ0) is 18.9. The number of fused-ring (bicyclic) bond motifs is 3. The molecule has 140 valence electrons. The first-order chi connectivity index (χ1) is 13.8. The SMILES string of the molecule is Fc1cnc(Nc2nc3c(s2)CCN(Cc2ccccn2)c2[nH]ncc2-3)nc1. The van der Waals surface area contributed by atoms with Crippen LogP contribution in [0.15, 0.2) is 43.0 Å². The number of rotatable bonds is 4. The van der Waals surface area contributed by atoms with E-state index in [1.54, 1.807) is 23.7 Å². The summed E-state index contributed by atoms with van der Waals surface area (Å²) in [6.07, 6.45) is 6.68. The normalized spacial score (nSPS) is 13.0. The summed E-state index contributed by atoms with van der Waals surface area (Å²) in [7, 11) is 0. The summed E-state index contributed by atoms with van der Waals surface area (Å²) in [6.45, 7) is 1.51. The van der Waals surface area contributed by atoms with Crippen molar-refractivity contribution in [1.82, 2.24) is 30.1 Å². The Balaban J connectivity index is 1.44. The fraction of sp³-hybridized carbons (Fsp3) is 0.167. The lowest BCUT2D eigenvalue weighted by molar-refractivity contribution is 0.614. The highest BCUT2D eigenvalue weighted by Gasteiger charge is 2.25. The van der Waals surface area contributed by atoms with Gasteiger partial charge in [-0.05, 0) is 12.1 Å². The Hall–Kier alpha value is -3.40. The molecular formula is C18H15FN8S. The first-order valence-corrected chi connectivity index (χ1v) is 9.51. The molecule has 4 aromatic heterocycles. The van der Waals surface area contributed by atoms with E-state index in [4.69, 9.17) is 4.98 Å². The Morgan fingerprint density at radius 3 is 2.89 bits per heavy atom. The number of anilines is 3. The zero-order valence-corrected chi connectivity index (χ0v) is 15.4. The molecule has 0 spiro atoms. The number of aromatic nitrogens is 6. The number of halogens is 1. The maximum atomic E-state index is 13.0. The minimum absolute atomic E-state index is 0.314. The van der Waals surface area contributed by atoms with Gasteiger partial charge in [-0.2, -0.15) is 5.10 Å². The average molecular weight is 394 g/mol. The number of hydrogen-bond donors (Lipinski definition) is 2. The number of pyridine rings is 1. The first kappa shape index (κ1) is 16.8. The van der Waals surface area contributed by atoms with Gasteiger partial charge >= 0.3 is 0 Å². The van der Waals surface area contributed by atoms with Gasteiger partial charge in [0.1, 0.15) is 5.82 Å². The number of hydrogen-bond acceptors (Lipinski definition) is 8. The standard InChI is InChI=1S/C18H15FN8S/c19-11-7-21-17(22-8-11)25-18-24-15-13-9-23-26-16(13)27(6-4-14(15)28-18)10-12-3-1-2-5-20-12/h1-3,5,7-9H,4,6,10H2,(H,23,26)(H,21,22,24,25). The molecule has 5 heterocycles. The summed E-state index contributed by atoms with van der Waals surface area (Å²) < 4.78 is 13.0. The van der Waals surface area contributed by atoms with Crippen LogP contribution in [0.5, 0.6) is 0 Å². The second-order valence-electron chi connectivity index (χ2n) is 6.27. The molecule has 0 amide bonds. The van der Waals surface area contributed by atoms with Crippen LogP contribution in [0.4, 0.5) is 21.3 Å². The Kier molecular flexibility index (Phi) is 4.17. The van der Waals surface area contributed by atoms with E-state index in [9.17, 15) is 4.39 Å². The molecule has 1 aliphatic heterocycles. The molecule has 10 heteroatoms. The molecule has 0 saturated heterocycles. The first-order valence-electron chi connectivity index (χ1n) is 8.69. The predicted molar refractivity (Wildman–Crippen MR) is 104 cm³/mol. The van der Waals surface area contributed by atoms with Crippen molar-refractivity contribution in [2.45, 2.75) is 13.0 Å². The molecule has 1 aliphatic rings. The van der Waals surface area contributed by atoms with E-state index in [-0.39, 0.29) is 0 Å². The highest BCUT2D eigenvalue weighted by molar-refractivity contribution is 7.16. The van der Waals surface area contributed by atoms with Crippen LogP contribution in [-0.4, -0.2) is 36.7 Å². The van der Waals surface area contributed by atoms with Crippen LogP contribution in [0.3, 0.4) is 0 Å². The van der Waals surface area contributed by atoms with Crippen LogP contribution in [0.25, 0.3) is 11.3 Å². The number of thiazole rings is 1. The van der Waals surface area contributed by atoms with E-state index in [2.05, 4.69) is 35.4 Å². The van der Waals surface area contributed by atoms with Crippen molar-refractivity contribution in [1.29, 1.82) is 0 Å². The number of H-pyrrole nitrogens is 1. The minimum atomic E-state index is -0.475. The van der Waals surface area contributed by atoms with Crippen LogP contribution in [-0.2, 0) is 13.0 Å². The molecule has 2 N–H and O–H groups in total. The number of nitrogens with one attached hydrogen (secondary N) is 2. The largest absolute Gasteiger partial charge is 0.350 e. The molecule has 28 heavy (non-hydrogen) atoms. The monoisotopic (exact) mass is 394 g/mol. The van der Waals surface area contributed by atoms with Crippen LogP contribution in [0.1, 0.15) is 10.6 Å². The quantitative estimate of drug-likeness (QED) is 0.549. The number of aromatic amines is 1. The Labute approximate surface area is 163 Å². The summed E-state index contributed by atoms with van der Waals surface area (Å²) >= 11 is 1.54. The highest BCUT2D eigenvalue weighted by atomic mass is 32.1. The van der Waals surface area contributed by atoms with Gasteiger partial charge in [0.25, 0.3) is 0 Å². The molecule has 0 saturated carbocycles. The van der Waals surface area contributed by atoms with Crippen molar-refractivity contribution in [3.05, 3.63) is 59.4 Å². The maximum absolute atomic E-state index is 13.0. The van der Waals surface area contributed by atoms with Crippen LogP contribution in [0.2, 0.25) is 0 Å². The molecule has 0 unspecified atom stereocenters. The Morgan fingerprint density at radius 1 is 1.18 bits per heavy atom. The lowest BCUT2D eigenvalue weighted by Gasteiger charge is -2.21. The number of nitrogens with zero attached hydrogens (tertiary/aromatic N) is 6. The van der Waals surface area contributed by atoms with Gasteiger partial charge in [0.05, 0.1) is 42.1 Å². The molecule has 0 bridgehead atoms. The molecule has 8 nitrogen and oxygen atoms in total. The van der Waals surface area contributed by atoms with Crippen molar-refractivity contribution < 1.29 is 4.39 Å². The van der Waals surface area contributed by atoms with E-state index in [0.717, 1.165) is 53.0 Å². The van der Waals surface area contributed by atoms with E-state index < -0.39 is 5.82 Å². The van der Waals surface area contributed by atoms with Gasteiger partial charge < -0.3 is 10.2 Å². The van der Waals surface area contributed by atoms with Gasteiger partial charge in [-0.25, -0.2) is 19.3 Å². The van der Waals surface area contributed by atoms with Crippen molar-refractivity contribution >= 4 is 28.2 Å². The molecule has 0 aliphatic carbocycles. The minimum Gasteiger partial charge on any atom is -0.350 e. The lowest BCUT2D eigenvalue weighted by Crippen LogP contribution is -2.25. The summed E-state index contributed by atoms with van der Waals surface area (Å²) in [5.41, 5.74) is 2.84. The van der Waals surface area contributed by atoms with Gasteiger partial charge in [-0.1, -0.05) is 6.07 Å². The molecular weight excluding hydrogens is 379 g/mol. The summed E-state index contributed by atoms with van der Waals surface area (Å²) in [4.78, 5) is 20.4. The molecule has 0 fully saturated rings. The second-order valence-corrected chi connectivity index (χ2v) is 7.35. The topological polar surface area (TPSA) is 95.5 Å². The molecule has 4 aromatic rings. The molecule has 5 rings (SSSR count). The van der Waals surface area contributed by atoms with Gasteiger partial charge in [0, 0.05) is 24.0 Å². The van der Waals surface area contributed by atoms with Gasteiger partial charge in [-0.15, -0.1) is 11.3 Å². The average Bonchev–Trinajstić information content (AvgIpc) is 3.32. The predicted octanol–water partition coefficient (Wildman–Crippen LogP) is 3.16. The van der Waals surface area contributed by atoms with Crippen LogP contribution >= 0.6 is 11.3 Å². The molecule has 0 radical (unpaired) electrons. The lowest BCUT2D eigenvalue weighted by atomic mass is 10.2. The van der Waals surface area contributed by atoms with Crippen LogP contribution in [0, 0.1) is 5.82 Å². The van der Waals surface area contributed by atoms with Gasteiger partial charge in [0.15, 0.2) is 10.9 Å². The molecule has 0 aromatic carbocycles. The summed E-state index contributed by atoms with van der Waals surface area (Å²) in [6, 6.07) is 5.91. The van der Waals surface area contributed by atoms with Crippen molar-refractivity contribution in [2.24, 2.45) is 0 Å². The van der Waals surface area contributed by atoms with Crippen molar-refractivity contribution in [3.63, 3.8) is 0 Å².